The lowest BCUT2D eigenvalue weighted by molar-refractivity contribution is -0.0430. The fraction of sp³-hybridized carbons (Fsp3) is 1.00. The molecule has 0 N–H and O–H groups in total. The fourth-order valence-corrected chi connectivity index (χ4v) is 3.63. The van der Waals surface area contributed by atoms with E-state index in [1.54, 1.807) is 0 Å². The second-order valence-electron chi connectivity index (χ2n) is 7.94. The summed E-state index contributed by atoms with van der Waals surface area (Å²) < 4.78 is 0. The monoisotopic (exact) mass is 254 g/mol. The highest BCUT2D eigenvalue weighted by Gasteiger charge is 2.47. The fourth-order valence-electron chi connectivity index (χ4n) is 3.63. The highest BCUT2D eigenvalue weighted by molar-refractivity contribution is 4.95. The summed E-state index contributed by atoms with van der Waals surface area (Å²) in [6, 6.07) is 0. The first-order valence-corrected chi connectivity index (χ1v) is 8.02. The largest absolute Gasteiger partial charge is 0.0654 e. The first kappa shape index (κ1) is 18.0. The van der Waals surface area contributed by atoms with Gasteiger partial charge in [-0.3, -0.25) is 0 Å². The van der Waals surface area contributed by atoms with Crippen LogP contribution < -0.4 is 0 Å². The van der Waals surface area contributed by atoms with Gasteiger partial charge < -0.3 is 0 Å². The van der Waals surface area contributed by atoms with Crippen LogP contribution in [0.3, 0.4) is 0 Å². The van der Waals surface area contributed by atoms with Gasteiger partial charge in [0, 0.05) is 0 Å². The summed E-state index contributed by atoms with van der Waals surface area (Å²) >= 11 is 0. The van der Waals surface area contributed by atoms with Crippen molar-refractivity contribution in [3.8, 4) is 0 Å². The maximum Gasteiger partial charge on any atom is -0.0249 e. The summed E-state index contributed by atoms with van der Waals surface area (Å²) in [4.78, 5) is 0. The average molecular weight is 255 g/mol. The molecule has 3 atom stereocenters. The van der Waals surface area contributed by atoms with Gasteiger partial charge in [0.25, 0.3) is 0 Å². The lowest BCUT2D eigenvalue weighted by atomic mass is 9.52. The van der Waals surface area contributed by atoms with Gasteiger partial charge in [0.15, 0.2) is 0 Å². The topological polar surface area (TPSA) is 0 Å². The van der Waals surface area contributed by atoms with Gasteiger partial charge >= 0.3 is 0 Å². The zero-order valence-corrected chi connectivity index (χ0v) is 14.7. The van der Waals surface area contributed by atoms with Gasteiger partial charge in [-0.25, -0.2) is 0 Å². The van der Waals surface area contributed by atoms with Crippen molar-refractivity contribution in [1.82, 2.24) is 0 Å². The lowest BCUT2D eigenvalue weighted by Gasteiger charge is -2.53. The van der Waals surface area contributed by atoms with E-state index in [1.165, 1.54) is 12.8 Å². The van der Waals surface area contributed by atoms with Crippen LogP contribution in [0.2, 0.25) is 0 Å². The van der Waals surface area contributed by atoms with Crippen molar-refractivity contribution >= 4 is 0 Å². The summed E-state index contributed by atoms with van der Waals surface area (Å²) in [6.45, 7) is 24.3. The molecule has 0 bridgehead atoms. The molecular weight excluding hydrogens is 216 g/mol. The Kier molecular flexibility index (Phi) is 6.44. The molecule has 0 amide bonds. The molecule has 0 aromatic carbocycles. The van der Waals surface area contributed by atoms with Crippen LogP contribution in [0.5, 0.6) is 0 Å². The Morgan fingerprint density at radius 2 is 1.28 bits per heavy atom. The van der Waals surface area contributed by atoms with Crippen LogP contribution in [0.4, 0.5) is 0 Å². The molecule has 0 radical (unpaired) electrons. The molecule has 0 aliphatic carbocycles. The number of rotatable bonds is 7. The standard InChI is InChI=1S/C18H38/c1-11-12-18(10,14(4)5)17(8,9)16(7)15(6)13(2)3/h13-16H,11-12H2,1-10H3. The van der Waals surface area contributed by atoms with Crippen molar-refractivity contribution < 1.29 is 0 Å². The van der Waals surface area contributed by atoms with E-state index >= 15 is 0 Å². The summed E-state index contributed by atoms with van der Waals surface area (Å²) in [7, 11) is 0. The molecule has 0 aliphatic rings. The van der Waals surface area contributed by atoms with E-state index in [0.29, 0.717) is 10.8 Å². The lowest BCUT2D eigenvalue weighted by Crippen LogP contribution is -2.46. The highest BCUT2D eigenvalue weighted by Crippen LogP contribution is 2.54. The Morgan fingerprint density at radius 1 is 0.833 bits per heavy atom. The van der Waals surface area contributed by atoms with E-state index in [2.05, 4.69) is 69.2 Å². The third-order valence-corrected chi connectivity index (χ3v) is 6.49. The summed E-state index contributed by atoms with van der Waals surface area (Å²) in [6.07, 6.45) is 2.63. The molecule has 0 nitrogen and oxygen atoms in total. The molecule has 18 heavy (non-hydrogen) atoms. The van der Waals surface area contributed by atoms with Gasteiger partial charge in [-0.15, -0.1) is 0 Å². The van der Waals surface area contributed by atoms with Crippen LogP contribution in [-0.4, -0.2) is 0 Å². The van der Waals surface area contributed by atoms with Crippen LogP contribution in [0.1, 0.15) is 82.1 Å². The zero-order valence-electron chi connectivity index (χ0n) is 14.7. The van der Waals surface area contributed by atoms with Crippen molar-refractivity contribution in [2.45, 2.75) is 82.1 Å². The minimum atomic E-state index is 0.390. The predicted octanol–water partition coefficient (Wildman–Crippen LogP) is 6.40. The molecule has 0 aromatic rings. The first-order chi connectivity index (χ1) is 8.02. The Balaban J connectivity index is 5.29. The molecule has 0 saturated heterocycles. The Labute approximate surface area is 117 Å². The Bertz CT molecular complexity index is 236. The van der Waals surface area contributed by atoms with E-state index in [1.807, 2.05) is 0 Å². The number of hydrogen-bond donors (Lipinski definition) is 0. The molecule has 0 spiro atoms. The van der Waals surface area contributed by atoms with Gasteiger partial charge in [0.2, 0.25) is 0 Å². The van der Waals surface area contributed by atoms with Crippen molar-refractivity contribution in [3.63, 3.8) is 0 Å². The summed E-state index contributed by atoms with van der Waals surface area (Å²) in [5, 5.41) is 0. The normalized spacial score (nSPS) is 20.0. The van der Waals surface area contributed by atoms with Crippen molar-refractivity contribution in [2.75, 3.05) is 0 Å². The second kappa shape index (κ2) is 6.44. The summed E-state index contributed by atoms with van der Waals surface area (Å²) in [5.41, 5.74) is 0.825. The van der Waals surface area contributed by atoms with Gasteiger partial charge in [-0.1, -0.05) is 75.7 Å². The van der Waals surface area contributed by atoms with Gasteiger partial charge in [0.1, 0.15) is 0 Å². The summed E-state index contributed by atoms with van der Waals surface area (Å²) in [5.74, 6) is 3.07. The van der Waals surface area contributed by atoms with Crippen LogP contribution in [-0.2, 0) is 0 Å². The van der Waals surface area contributed by atoms with Crippen LogP contribution in [0.15, 0.2) is 0 Å². The SMILES string of the molecule is CCCC(C)(C(C)C)C(C)(C)C(C)C(C)C(C)C. The predicted molar refractivity (Wildman–Crippen MR) is 84.8 cm³/mol. The van der Waals surface area contributed by atoms with E-state index in [0.717, 1.165) is 23.7 Å². The van der Waals surface area contributed by atoms with E-state index in [-0.39, 0.29) is 0 Å². The van der Waals surface area contributed by atoms with Gasteiger partial charge in [-0.05, 0) is 40.9 Å². The third-order valence-electron chi connectivity index (χ3n) is 6.49. The van der Waals surface area contributed by atoms with Crippen LogP contribution >= 0.6 is 0 Å². The first-order valence-electron chi connectivity index (χ1n) is 8.02. The third kappa shape index (κ3) is 3.31. The Morgan fingerprint density at radius 3 is 1.56 bits per heavy atom. The van der Waals surface area contributed by atoms with E-state index < -0.39 is 0 Å². The zero-order chi connectivity index (χ0) is 14.7. The average Bonchev–Trinajstić information content (AvgIpc) is 2.26. The van der Waals surface area contributed by atoms with Gasteiger partial charge in [0.05, 0.1) is 0 Å². The quantitative estimate of drug-likeness (QED) is 0.493. The maximum absolute atomic E-state index is 2.52. The van der Waals surface area contributed by atoms with Crippen molar-refractivity contribution in [1.29, 1.82) is 0 Å². The van der Waals surface area contributed by atoms with E-state index in [4.69, 9.17) is 0 Å². The molecule has 0 heterocycles. The molecule has 0 aromatic heterocycles. The highest BCUT2D eigenvalue weighted by atomic mass is 14.5. The minimum Gasteiger partial charge on any atom is -0.0654 e. The molecule has 0 heteroatoms. The molecule has 0 fully saturated rings. The maximum atomic E-state index is 2.52. The molecule has 0 aliphatic heterocycles. The smallest absolute Gasteiger partial charge is 0.0249 e. The molecule has 0 saturated carbocycles. The molecule has 0 rings (SSSR count). The van der Waals surface area contributed by atoms with Crippen LogP contribution in [0, 0.1) is 34.5 Å². The van der Waals surface area contributed by atoms with Crippen LogP contribution in [0.25, 0.3) is 0 Å². The molecule has 110 valence electrons. The number of hydrogen-bond acceptors (Lipinski definition) is 0. The van der Waals surface area contributed by atoms with Crippen molar-refractivity contribution in [3.05, 3.63) is 0 Å². The minimum absolute atomic E-state index is 0.390. The molecule has 3 unspecified atom stereocenters. The van der Waals surface area contributed by atoms with Gasteiger partial charge in [-0.2, -0.15) is 0 Å². The Hall–Kier alpha value is 0. The second-order valence-corrected chi connectivity index (χ2v) is 7.94. The van der Waals surface area contributed by atoms with E-state index in [9.17, 15) is 0 Å². The van der Waals surface area contributed by atoms with Crippen molar-refractivity contribution in [2.24, 2.45) is 34.5 Å². The molecular formula is C18H38.